The summed E-state index contributed by atoms with van der Waals surface area (Å²) in [7, 11) is 0. The monoisotopic (exact) mass is 228 g/mol. The topological polar surface area (TPSA) is 48.9 Å². The van der Waals surface area contributed by atoms with Crippen molar-refractivity contribution in [2.24, 2.45) is 0 Å². The van der Waals surface area contributed by atoms with Gasteiger partial charge >= 0.3 is 0 Å². The number of fused-ring (bicyclic) bond motifs is 1. The first-order valence-corrected chi connectivity index (χ1v) is 5.95. The predicted octanol–water partition coefficient (Wildman–Crippen LogP) is 2.60. The maximum Gasteiger partial charge on any atom is 0.0921 e. The number of benzene rings is 1. The highest BCUT2D eigenvalue weighted by molar-refractivity contribution is 5.48. The molecule has 2 N–H and O–H groups in total. The minimum absolute atomic E-state index is 0.252. The number of aliphatic hydroxyl groups is 1. The zero-order valence-electron chi connectivity index (χ0n) is 10.1. The first-order valence-electron chi connectivity index (χ1n) is 5.95. The van der Waals surface area contributed by atoms with Crippen molar-refractivity contribution >= 4 is 0 Å². The van der Waals surface area contributed by atoms with E-state index in [4.69, 9.17) is 0 Å². The number of aryl methyl sites for hydroxylation is 1. The van der Waals surface area contributed by atoms with E-state index in [1.165, 1.54) is 16.7 Å². The van der Waals surface area contributed by atoms with E-state index in [9.17, 15) is 5.11 Å². The third kappa shape index (κ3) is 1.50. The second-order valence-electron chi connectivity index (χ2n) is 4.82. The third-order valence-electron chi connectivity index (χ3n) is 3.88. The molecule has 88 valence electrons. The van der Waals surface area contributed by atoms with Crippen molar-refractivity contribution in [3.8, 4) is 0 Å². The van der Waals surface area contributed by atoms with Crippen molar-refractivity contribution in [2.75, 3.05) is 0 Å². The van der Waals surface area contributed by atoms with Crippen molar-refractivity contribution in [2.45, 2.75) is 32.3 Å². The summed E-state index contributed by atoms with van der Waals surface area (Å²) >= 11 is 0. The number of nitrogens with one attached hydrogen (secondary N) is 1. The quantitative estimate of drug-likeness (QED) is 0.788. The zero-order chi connectivity index (χ0) is 12.0. The van der Waals surface area contributed by atoms with Crippen LogP contribution in [0.2, 0.25) is 0 Å². The van der Waals surface area contributed by atoms with E-state index in [0.29, 0.717) is 0 Å². The second kappa shape index (κ2) is 3.70. The molecule has 0 fully saturated rings. The standard InChI is InChI=1S/C14H16N2O/c1-8-3-4-10-11(12-6-15-7-16-12)5-13(17)14(10)9(8)2/h3-4,6-7,11,13,17H,5H2,1-2H3,(H,15,16). The number of imidazole rings is 1. The van der Waals surface area contributed by atoms with Crippen LogP contribution in [-0.4, -0.2) is 15.1 Å². The maximum absolute atomic E-state index is 10.2. The Morgan fingerprint density at radius 3 is 2.88 bits per heavy atom. The van der Waals surface area contributed by atoms with E-state index in [-0.39, 0.29) is 12.0 Å². The van der Waals surface area contributed by atoms with Gasteiger partial charge in [0.15, 0.2) is 0 Å². The van der Waals surface area contributed by atoms with Gasteiger partial charge in [0.25, 0.3) is 0 Å². The fourth-order valence-electron chi connectivity index (χ4n) is 2.82. The minimum Gasteiger partial charge on any atom is -0.388 e. The highest BCUT2D eigenvalue weighted by Gasteiger charge is 2.32. The molecule has 0 spiro atoms. The molecule has 0 saturated carbocycles. The zero-order valence-corrected chi connectivity index (χ0v) is 10.1. The highest BCUT2D eigenvalue weighted by Crippen LogP contribution is 2.45. The second-order valence-corrected chi connectivity index (χ2v) is 4.82. The van der Waals surface area contributed by atoms with Crippen LogP contribution in [-0.2, 0) is 0 Å². The Hall–Kier alpha value is -1.61. The SMILES string of the molecule is Cc1ccc2c(c1C)C(O)CC2c1cnc[nH]1. The van der Waals surface area contributed by atoms with Gasteiger partial charge < -0.3 is 10.1 Å². The van der Waals surface area contributed by atoms with E-state index in [1.807, 2.05) is 6.20 Å². The summed E-state index contributed by atoms with van der Waals surface area (Å²) in [5.41, 5.74) is 5.91. The van der Waals surface area contributed by atoms with Crippen LogP contribution in [0.3, 0.4) is 0 Å². The van der Waals surface area contributed by atoms with Gasteiger partial charge in [0.2, 0.25) is 0 Å². The van der Waals surface area contributed by atoms with Crippen molar-refractivity contribution in [3.63, 3.8) is 0 Å². The first-order chi connectivity index (χ1) is 8.18. The van der Waals surface area contributed by atoms with Crippen molar-refractivity contribution in [1.82, 2.24) is 9.97 Å². The van der Waals surface area contributed by atoms with Crippen LogP contribution in [0.15, 0.2) is 24.7 Å². The minimum atomic E-state index is -0.349. The van der Waals surface area contributed by atoms with Crippen molar-refractivity contribution in [1.29, 1.82) is 0 Å². The van der Waals surface area contributed by atoms with Gasteiger partial charge in [-0.25, -0.2) is 4.98 Å². The van der Waals surface area contributed by atoms with Crippen LogP contribution < -0.4 is 0 Å². The molecular formula is C14H16N2O. The van der Waals surface area contributed by atoms with Crippen LogP contribution >= 0.6 is 0 Å². The molecule has 0 saturated heterocycles. The number of rotatable bonds is 1. The maximum atomic E-state index is 10.2. The largest absolute Gasteiger partial charge is 0.388 e. The van der Waals surface area contributed by atoms with Crippen LogP contribution in [0.5, 0.6) is 0 Å². The Labute approximate surface area is 101 Å². The number of hydrogen-bond acceptors (Lipinski definition) is 2. The average molecular weight is 228 g/mol. The van der Waals surface area contributed by atoms with Crippen LogP contribution in [0, 0.1) is 13.8 Å². The molecule has 3 heteroatoms. The van der Waals surface area contributed by atoms with Gasteiger partial charge in [0.05, 0.1) is 12.4 Å². The molecule has 1 heterocycles. The fourth-order valence-corrected chi connectivity index (χ4v) is 2.82. The molecule has 0 amide bonds. The van der Waals surface area contributed by atoms with Gasteiger partial charge in [-0.1, -0.05) is 12.1 Å². The summed E-state index contributed by atoms with van der Waals surface area (Å²) in [5.74, 6) is 0.252. The van der Waals surface area contributed by atoms with Gasteiger partial charge in [0.1, 0.15) is 0 Å². The summed E-state index contributed by atoms with van der Waals surface area (Å²) in [6.07, 6.45) is 3.95. The Balaban J connectivity index is 2.15. The molecule has 0 radical (unpaired) electrons. The van der Waals surface area contributed by atoms with E-state index in [2.05, 4.69) is 35.9 Å². The van der Waals surface area contributed by atoms with Crippen molar-refractivity contribution < 1.29 is 5.11 Å². The van der Waals surface area contributed by atoms with Gasteiger partial charge in [0, 0.05) is 17.8 Å². The fraction of sp³-hybridized carbons (Fsp3) is 0.357. The highest BCUT2D eigenvalue weighted by atomic mass is 16.3. The van der Waals surface area contributed by atoms with E-state index < -0.39 is 0 Å². The number of aromatic nitrogens is 2. The smallest absolute Gasteiger partial charge is 0.0921 e. The summed E-state index contributed by atoms with van der Waals surface area (Å²) in [5, 5.41) is 10.2. The van der Waals surface area contributed by atoms with Crippen LogP contribution in [0.1, 0.15) is 46.4 Å². The number of H-pyrrole nitrogens is 1. The lowest BCUT2D eigenvalue weighted by Gasteiger charge is -2.11. The molecule has 2 aromatic rings. The number of aliphatic hydroxyl groups excluding tert-OH is 1. The van der Waals surface area contributed by atoms with Gasteiger partial charge in [-0.05, 0) is 42.5 Å². The lowest BCUT2D eigenvalue weighted by molar-refractivity contribution is 0.175. The molecule has 0 aliphatic heterocycles. The lowest BCUT2D eigenvalue weighted by Crippen LogP contribution is -1.97. The lowest BCUT2D eigenvalue weighted by atomic mass is 9.94. The van der Waals surface area contributed by atoms with E-state index in [1.54, 1.807) is 6.33 Å². The van der Waals surface area contributed by atoms with Crippen LogP contribution in [0.25, 0.3) is 0 Å². The summed E-state index contributed by atoms with van der Waals surface area (Å²) < 4.78 is 0. The first kappa shape index (κ1) is 10.5. The Morgan fingerprint density at radius 1 is 1.35 bits per heavy atom. The molecule has 17 heavy (non-hydrogen) atoms. The number of nitrogens with zero attached hydrogens (tertiary/aromatic N) is 1. The Kier molecular flexibility index (Phi) is 2.30. The van der Waals surface area contributed by atoms with Crippen molar-refractivity contribution in [3.05, 3.63) is 52.6 Å². The summed E-state index contributed by atoms with van der Waals surface area (Å²) in [6.45, 7) is 4.18. The van der Waals surface area contributed by atoms with Gasteiger partial charge in [-0.2, -0.15) is 0 Å². The summed E-state index contributed by atoms with van der Waals surface area (Å²) in [6, 6.07) is 4.27. The Bertz CT molecular complexity index is 546. The normalized spacial score (nSPS) is 22.8. The number of aromatic amines is 1. The van der Waals surface area contributed by atoms with Crippen LogP contribution in [0.4, 0.5) is 0 Å². The molecule has 1 aliphatic carbocycles. The molecule has 3 rings (SSSR count). The van der Waals surface area contributed by atoms with Gasteiger partial charge in [-0.15, -0.1) is 0 Å². The van der Waals surface area contributed by atoms with Gasteiger partial charge in [-0.3, -0.25) is 0 Å². The molecule has 1 aliphatic rings. The molecule has 2 atom stereocenters. The molecular weight excluding hydrogens is 212 g/mol. The molecule has 3 nitrogen and oxygen atoms in total. The molecule has 0 bridgehead atoms. The predicted molar refractivity (Wildman–Crippen MR) is 65.9 cm³/mol. The third-order valence-corrected chi connectivity index (χ3v) is 3.88. The molecule has 1 aromatic carbocycles. The molecule has 2 unspecified atom stereocenters. The van der Waals surface area contributed by atoms with E-state index in [0.717, 1.165) is 17.7 Å². The van der Waals surface area contributed by atoms with E-state index >= 15 is 0 Å². The Morgan fingerprint density at radius 2 is 2.18 bits per heavy atom. The number of hydrogen-bond donors (Lipinski definition) is 2. The average Bonchev–Trinajstić information content (AvgIpc) is 2.91. The summed E-state index contributed by atoms with van der Waals surface area (Å²) in [4.78, 5) is 7.22. The molecule has 1 aromatic heterocycles.